The number of allylic oxidation sites excluding steroid dienone is 8. The highest BCUT2D eigenvalue weighted by Crippen LogP contribution is 2.29. The molecule has 5 heteroatoms. The maximum Gasteiger partial charge on any atom is 0.306 e. The fourth-order valence-electron chi connectivity index (χ4n) is 6.22. The molecule has 3 atom stereocenters. The first-order chi connectivity index (χ1) is 23.5. The van der Waals surface area contributed by atoms with Crippen molar-refractivity contribution in [2.24, 2.45) is 0 Å². The molecule has 0 aromatic heterocycles. The standard InChI is InChI=1S/C43H75NO4/c1-5-7-9-11-13-15-17-19-21-23-25-27-29-31-33-35-42(45)47-40-37-39(44(3)4)38-41(40)48-43(46)36-34-32-30-28-26-24-22-20-18-16-14-12-10-8-6-2/h13-16,19-22,39-41H,5-12,17-18,23-38H2,1-4H3/b15-13-,16-14-,21-19-,22-20-/t39?,40-,41+. The van der Waals surface area contributed by atoms with E-state index < -0.39 is 0 Å². The van der Waals surface area contributed by atoms with Crippen LogP contribution >= 0.6 is 0 Å². The predicted octanol–water partition coefficient (Wildman–Crippen LogP) is 12.2. The Morgan fingerprint density at radius 2 is 0.833 bits per heavy atom. The normalized spacial score (nSPS) is 18.4. The fraction of sp³-hybridized carbons (Fsp3) is 0.767. The SMILES string of the molecule is CCCCC/C=C\C/C=C\CCCCCCCC(=O)O[C@H]1CC(N(C)C)C[C@H]1OC(=O)CCCCCCC/C=C\C/C=C\CCCCC. The van der Waals surface area contributed by atoms with E-state index in [-0.39, 0.29) is 30.2 Å². The zero-order chi connectivity index (χ0) is 34.9. The van der Waals surface area contributed by atoms with Gasteiger partial charge in [-0.15, -0.1) is 0 Å². The lowest BCUT2D eigenvalue weighted by Gasteiger charge is -2.20. The number of hydrogen-bond acceptors (Lipinski definition) is 5. The number of ether oxygens (including phenoxy) is 2. The average Bonchev–Trinajstić information content (AvgIpc) is 3.46. The summed E-state index contributed by atoms with van der Waals surface area (Å²) in [4.78, 5) is 27.5. The molecule has 0 radical (unpaired) electrons. The second-order valence-corrected chi connectivity index (χ2v) is 14.1. The number of unbranched alkanes of at least 4 members (excludes halogenated alkanes) is 16. The molecule has 276 valence electrons. The van der Waals surface area contributed by atoms with Crippen molar-refractivity contribution in [2.75, 3.05) is 14.1 Å². The van der Waals surface area contributed by atoms with Crippen LogP contribution in [0.2, 0.25) is 0 Å². The fourth-order valence-corrected chi connectivity index (χ4v) is 6.22. The van der Waals surface area contributed by atoms with E-state index in [0.717, 1.165) is 77.0 Å². The van der Waals surface area contributed by atoms with Gasteiger partial charge in [0, 0.05) is 31.7 Å². The van der Waals surface area contributed by atoms with Crippen molar-refractivity contribution in [2.45, 2.75) is 199 Å². The number of hydrogen-bond donors (Lipinski definition) is 0. The van der Waals surface area contributed by atoms with Crippen LogP contribution in [0, 0.1) is 0 Å². The second-order valence-electron chi connectivity index (χ2n) is 14.1. The van der Waals surface area contributed by atoms with E-state index >= 15 is 0 Å². The molecule has 1 fully saturated rings. The number of rotatable bonds is 31. The van der Waals surface area contributed by atoms with Gasteiger partial charge in [-0.05, 0) is 91.1 Å². The van der Waals surface area contributed by atoms with E-state index in [4.69, 9.17) is 9.47 Å². The highest BCUT2D eigenvalue weighted by Gasteiger charge is 2.40. The van der Waals surface area contributed by atoms with Crippen molar-refractivity contribution < 1.29 is 19.1 Å². The Balaban J connectivity index is 2.14. The third-order valence-electron chi connectivity index (χ3n) is 9.38. The van der Waals surface area contributed by atoms with Crippen molar-refractivity contribution >= 4 is 11.9 Å². The van der Waals surface area contributed by atoms with Gasteiger partial charge in [0.05, 0.1) is 0 Å². The monoisotopic (exact) mass is 670 g/mol. The van der Waals surface area contributed by atoms with Gasteiger partial charge in [-0.2, -0.15) is 0 Å². The van der Waals surface area contributed by atoms with E-state index in [2.05, 4.69) is 67.4 Å². The van der Waals surface area contributed by atoms with E-state index in [0.29, 0.717) is 12.8 Å². The van der Waals surface area contributed by atoms with E-state index in [1.54, 1.807) is 0 Å². The van der Waals surface area contributed by atoms with Crippen LogP contribution in [-0.2, 0) is 19.1 Å². The second kappa shape index (κ2) is 32.1. The topological polar surface area (TPSA) is 55.8 Å². The lowest BCUT2D eigenvalue weighted by atomic mass is 10.1. The molecule has 0 heterocycles. The molecule has 0 aliphatic heterocycles. The zero-order valence-electron chi connectivity index (χ0n) is 31.8. The number of carbonyl (C=O) groups excluding carboxylic acids is 2. The molecule has 0 spiro atoms. The first kappa shape index (κ1) is 43.9. The first-order valence-electron chi connectivity index (χ1n) is 20.1. The number of carbonyl (C=O) groups is 2. The molecule has 0 N–H and O–H groups in total. The van der Waals surface area contributed by atoms with Crippen LogP contribution in [0.5, 0.6) is 0 Å². The quantitative estimate of drug-likeness (QED) is 0.0418. The summed E-state index contributed by atoms with van der Waals surface area (Å²) >= 11 is 0. The Morgan fingerprint density at radius 3 is 1.19 bits per heavy atom. The average molecular weight is 670 g/mol. The summed E-state index contributed by atoms with van der Waals surface area (Å²) in [7, 11) is 4.08. The van der Waals surface area contributed by atoms with Gasteiger partial charge in [0.25, 0.3) is 0 Å². The van der Waals surface area contributed by atoms with Crippen molar-refractivity contribution in [1.82, 2.24) is 4.90 Å². The zero-order valence-corrected chi connectivity index (χ0v) is 31.8. The minimum absolute atomic E-state index is 0.153. The molecule has 5 nitrogen and oxygen atoms in total. The number of esters is 2. The molecule has 1 aliphatic rings. The molecule has 0 saturated heterocycles. The van der Waals surface area contributed by atoms with Gasteiger partial charge >= 0.3 is 11.9 Å². The van der Waals surface area contributed by atoms with E-state index in [1.165, 1.54) is 77.0 Å². The Morgan fingerprint density at radius 1 is 0.500 bits per heavy atom. The molecule has 1 saturated carbocycles. The third kappa shape index (κ3) is 25.8. The van der Waals surface area contributed by atoms with Gasteiger partial charge in [0.15, 0.2) is 0 Å². The smallest absolute Gasteiger partial charge is 0.306 e. The van der Waals surface area contributed by atoms with Crippen LogP contribution in [-0.4, -0.2) is 49.2 Å². The Kier molecular flexibility index (Phi) is 29.3. The van der Waals surface area contributed by atoms with Crippen LogP contribution in [0.1, 0.15) is 181 Å². The molecule has 1 rings (SSSR count). The molecular weight excluding hydrogens is 594 g/mol. The van der Waals surface area contributed by atoms with Crippen molar-refractivity contribution in [1.29, 1.82) is 0 Å². The Hall–Kier alpha value is -2.14. The molecule has 0 aromatic rings. The molecule has 0 amide bonds. The molecule has 1 aliphatic carbocycles. The molecule has 48 heavy (non-hydrogen) atoms. The summed E-state index contributed by atoms with van der Waals surface area (Å²) in [6.45, 7) is 4.49. The maximum absolute atomic E-state index is 12.7. The van der Waals surface area contributed by atoms with E-state index in [1.807, 2.05) is 14.1 Å². The minimum atomic E-state index is -0.337. The van der Waals surface area contributed by atoms with Crippen LogP contribution in [0.25, 0.3) is 0 Å². The summed E-state index contributed by atoms with van der Waals surface area (Å²) in [5, 5.41) is 0. The first-order valence-corrected chi connectivity index (χ1v) is 20.1. The molecule has 0 bridgehead atoms. The minimum Gasteiger partial charge on any atom is -0.458 e. The largest absolute Gasteiger partial charge is 0.458 e. The third-order valence-corrected chi connectivity index (χ3v) is 9.38. The van der Waals surface area contributed by atoms with E-state index in [9.17, 15) is 9.59 Å². The lowest BCUT2D eigenvalue weighted by molar-refractivity contribution is -0.165. The highest BCUT2D eigenvalue weighted by molar-refractivity contribution is 5.70. The Bertz CT molecular complexity index is 821. The molecule has 1 unspecified atom stereocenters. The van der Waals surface area contributed by atoms with Gasteiger partial charge < -0.3 is 14.4 Å². The van der Waals surface area contributed by atoms with Crippen molar-refractivity contribution in [3.8, 4) is 0 Å². The lowest BCUT2D eigenvalue weighted by Crippen LogP contribution is -2.30. The van der Waals surface area contributed by atoms with Gasteiger partial charge in [-0.3, -0.25) is 9.59 Å². The van der Waals surface area contributed by atoms with Gasteiger partial charge in [-0.1, -0.05) is 127 Å². The molecular formula is C43H75NO4. The maximum atomic E-state index is 12.7. The van der Waals surface area contributed by atoms with Crippen LogP contribution in [0.3, 0.4) is 0 Å². The van der Waals surface area contributed by atoms with Crippen LogP contribution in [0.15, 0.2) is 48.6 Å². The summed E-state index contributed by atoms with van der Waals surface area (Å²) in [6.07, 6.45) is 45.5. The summed E-state index contributed by atoms with van der Waals surface area (Å²) in [5.74, 6) is -0.306. The van der Waals surface area contributed by atoms with Crippen molar-refractivity contribution in [3.63, 3.8) is 0 Å². The van der Waals surface area contributed by atoms with Crippen LogP contribution < -0.4 is 0 Å². The molecule has 0 aromatic carbocycles. The highest BCUT2D eigenvalue weighted by atomic mass is 16.6. The summed E-state index contributed by atoms with van der Waals surface area (Å²) in [6, 6.07) is 0.257. The van der Waals surface area contributed by atoms with Crippen LogP contribution in [0.4, 0.5) is 0 Å². The number of nitrogens with zero attached hydrogens (tertiary/aromatic N) is 1. The van der Waals surface area contributed by atoms with Crippen molar-refractivity contribution in [3.05, 3.63) is 48.6 Å². The Labute approximate surface area is 297 Å². The predicted molar refractivity (Wildman–Crippen MR) is 205 cm³/mol. The summed E-state index contributed by atoms with van der Waals surface area (Å²) in [5.41, 5.74) is 0. The van der Waals surface area contributed by atoms with Gasteiger partial charge in [-0.25, -0.2) is 0 Å². The summed E-state index contributed by atoms with van der Waals surface area (Å²) < 4.78 is 11.8. The van der Waals surface area contributed by atoms with Gasteiger partial charge in [0.2, 0.25) is 0 Å². The van der Waals surface area contributed by atoms with Gasteiger partial charge in [0.1, 0.15) is 12.2 Å².